The lowest BCUT2D eigenvalue weighted by molar-refractivity contribution is 0.884. The smallest absolute Gasteiger partial charge is 0.0770 e. The van der Waals surface area contributed by atoms with Crippen LogP contribution in [0.2, 0.25) is 0 Å². The Labute approximate surface area is 64.4 Å². The van der Waals surface area contributed by atoms with Gasteiger partial charge in [0.15, 0.2) is 0 Å². The molecular formula is C8H9N3. The van der Waals surface area contributed by atoms with Crippen LogP contribution in [-0.4, -0.2) is 9.61 Å². The molecule has 0 saturated heterocycles. The highest BCUT2D eigenvalue weighted by atomic mass is 15.2. The van der Waals surface area contributed by atoms with Crippen LogP contribution in [0.15, 0.2) is 30.5 Å². The lowest BCUT2D eigenvalue weighted by atomic mass is 10.3. The lowest BCUT2D eigenvalue weighted by Crippen LogP contribution is -1.96. The fourth-order valence-electron chi connectivity index (χ4n) is 1.09. The zero-order chi connectivity index (χ0) is 7.68. The van der Waals surface area contributed by atoms with Crippen molar-refractivity contribution in [2.45, 2.75) is 6.54 Å². The number of aromatic nitrogens is 2. The average molecular weight is 147 g/mol. The summed E-state index contributed by atoms with van der Waals surface area (Å²) in [5, 5.41) is 4.22. The van der Waals surface area contributed by atoms with Crippen molar-refractivity contribution in [1.29, 1.82) is 0 Å². The number of pyridine rings is 1. The van der Waals surface area contributed by atoms with E-state index < -0.39 is 0 Å². The van der Waals surface area contributed by atoms with E-state index in [0.29, 0.717) is 6.54 Å². The van der Waals surface area contributed by atoms with Crippen LogP contribution < -0.4 is 5.73 Å². The maximum absolute atomic E-state index is 5.44. The fourth-order valence-corrected chi connectivity index (χ4v) is 1.09. The maximum Gasteiger partial charge on any atom is 0.0770 e. The predicted octanol–water partition coefficient (Wildman–Crippen LogP) is 0.793. The third-order valence-corrected chi connectivity index (χ3v) is 1.63. The van der Waals surface area contributed by atoms with Crippen molar-refractivity contribution >= 4 is 5.52 Å². The van der Waals surface area contributed by atoms with Gasteiger partial charge in [0.05, 0.1) is 11.2 Å². The van der Waals surface area contributed by atoms with E-state index in [1.165, 1.54) is 0 Å². The maximum atomic E-state index is 5.44. The Balaban J connectivity index is 2.69. The van der Waals surface area contributed by atoms with Crippen molar-refractivity contribution < 1.29 is 0 Å². The third kappa shape index (κ3) is 0.991. The molecule has 0 atom stereocenters. The normalized spacial score (nSPS) is 10.6. The molecule has 0 radical (unpaired) electrons. The van der Waals surface area contributed by atoms with Gasteiger partial charge in [-0.15, -0.1) is 0 Å². The van der Waals surface area contributed by atoms with Gasteiger partial charge < -0.3 is 5.73 Å². The molecule has 56 valence electrons. The minimum atomic E-state index is 0.502. The van der Waals surface area contributed by atoms with Crippen molar-refractivity contribution in [3.8, 4) is 0 Å². The Bertz CT molecular complexity index is 331. The van der Waals surface area contributed by atoms with Crippen LogP contribution in [0.1, 0.15) is 5.69 Å². The molecule has 2 aromatic rings. The van der Waals surface area contributed by atoms with E-state index in [9.17, 15) is 0 Å². The molecule has 0 aliphatic carbocycles. The molecule has 2 N–H and O–H groups in total. The Morgan fingerprint density at radius 2 is 2.36 bits per heavy atom. The minimum Gasteiger partial charge on any atom is -0.325 e. The predicted molar refractivity (Wildman–Crippen MR) is 43.1 cm³/mol. The van der Waals surface area contributed by atoms with Gasteiger partial charge >= 0.3 is 0 Å². The van der Waals surface area contributed by atoms with E-state index in [0.717, 1.165) is 11.2 Å². The van der Waals surface area contributed by atoms with E-state index in [-0.39, 0.29) is 0 Å². The second-order valence-electron chi connectivity index (χ2n) is 2.41. The molecule has 0 spiro atoms. The Morgan fingerprint density at radius 3 is 3.09 bits per heavy atom. The molecule has 0 fully saturated rings. The second kappa shape index (κ2) is 2.36. The Kier molecular flexibility index (Phi) is 1.36. The van der Waals surface area contributed by atoms with Crippen molar-refractivity contribution in [1.82, 2.24) is 9.61 Å². The van der Waals surface area contributed by atoms with Crippen molar-refractivity contribution in [3.63, 3.8) is 0 Å². The molecule has 2 heterocycles. The van der Waals surface area contributed by atoms with Gasteiger partial charge in [-0.05, 0) is 18.2 Å². The molecular weight excluding hydrogens is 138 g/mol. The first-order chi connectivity index (χ1) is 5.40. The molecule has 0 aliphatic heterocycles. The number of rotatable bonds is 1. The van der Waals surface area contributed by atoms with Gasteiger partial charge in [-0.25, -0.2) is 4.52 Å². The molecule has 2 rings (SSSR count). The molecule has 0 amide bonds. The summed E-state index contributed by atoms with van der Waals surface area (Å²) in [6.07, 6.45) is 1.91. The highest BCUT2D eigenvalue weighted by Gasteiger charge is 1.96. The van der Waals surface area contributed by atoms with Gasteiger partial charge in [0.25, 0.3) is 0 Å². The van der Waals surface area contributed by atoms with E-state index >= 15 is 0 Å². The second-order valence-corrected chi connectivity index (χ2v) is 2.41. The monoisotopic (exact) mass is 147 g/mol. The minimum absolute atomic E-state index is 0.502. The molecule has 3 nitrogen and oxygen atoms in total. The van der Waals surface area contributed by atoms with Gasteiger partial charge in [0.1, 0.15) is 0 Å². The van der Waals surface area contributed by atoms with Crippen LogP contribution in [0.25, 0.3) is 5.52 Å². The summed E-state index contributed by atoms with van der Waals surface area (Å²) in [6.45, 7) is 0.502. The van der Waals surface area contributed by atoms with Crippen molar-refractivity contribution in [2.75, 3.05) is 0 Å². The Hall–Kier alpha value is -1.35. The first-order valence-corrected chi connectivity index (χ1v) is 3.53. The topological polar surface area (TPSA) is 43.3 Å². The van der Waals surface area contributed by atoms with Gasteiger partial charge in [0.2, 0.25) is 0 Å². The summed E-state index contributed by atoms with van der Waals surface area (Å²) in [4.78, 5) is 0. The SMILES string of the molecule is NCc1cc2ccccn2n1. The molecule has 0 saturated carbocycles. The molecule has 0 aromatic carbocycles. The summed E-state index contributed by atoms with van der Waals surface area (Å²) < 4.78 is 1.82. The average Bonchev–Trinajstić information content (AvgIpc) is 2.46. The van der Waals surface area contributed by atoms with Gasteiger partial charge in [-0.1, -0.05) is 6.07 Å². The van der Waals surface area contributed by atoms with Crippen LogP contribution in [0, 0.1) is 0 Å². The van der Waals surface area contributed by atoms with Gasteiger partial charge in [-0.3, -0.25) is 0 Å². The van der Waals surface area contributed by atoms with Crippen LogP contribution in [0.4, 0.5) is 0 Å². The van der Waals surface area contributed by atoms with E-state index in [4.69, 9.17) is 5.73 Å². The van der Waals surface area contributed by atoms with Crippen molar-refractivity contribution in [3.05, 3.63) is 36.2 Å². The number of hydrogen-bond donors (Lipinski definition) is 1. The molecule has 0 aliphatic rings. The molecule has 11 heavy (non-hydrogen) atoms. The van der Waals surface area contributed by atoms with Crippen LogP contribution in [-0.2, 0) is 6.54 Å². The van der Waals surface area contributed by atoms with Gasteiger partial charge in [0, 0.05) is 12.7 Å². The number of fused-ring (bicyclic) bond motifs is 1. The number of nitrogens with zero attached hydrogens (tertiary/aromatic N) is 2. The molecule has 0 bridgehead atoms. The number of hydrogen-bond acceptors (Lipinski definition) is 2. The highest BCUT2D eigenvalue weighted by Crippen LogP contribution is 2.03. The van der Waals surface area contributed by atoms with E-state index in [1.54, 1.807) is 0 Å². The molecule has 2 aromatic heterocycles. The largest absolute Gasteiger partial charge is 0.325 e. The van der Waals surface area contributed by atoms with E-state index in [2.05, 4.69) is 5.10 Å². The summed E-state index contributed by atoms with van der Waals surface area (Å²) in [5.74, 6) is 0. The first kappa shape index (κ1) is 6.37. The standard InChI is InChI=1S/C8H9N3/c9-6-7-5-8-3-1-2-4-11(8)10-7/h1-5H,6,9H2. The summed E-state index contributed by atoms with van der Waals surface area (Å²) >= 11 is 0. The van der Waals surface area contributed by atoms with Crippen LogP contribution >= 0.6 is 0 Å². The zero-order valence-electron chi connectivity index (χ0n) is 6.07. The first-order valence-electron chi connectivity index (χ1n) is 3.53. The summed E-state index contributed by atoms with van der Waals surface area (Å²) in [5.41, 5.74) is 7.46. The number of nitrogens with two attached hydrogens (primary N) is 1. The summed E-state index contributed by atoms with van der Waals surface area (Å²) in [7, 11) is 0. The summed E-state index contributed by atoms with van der Waals surface area (Å²) in [6, 6.07) is 7.92. The fraction of sp³-hybridized carbons (Fsp3) is 0.125. The molecule has 3 heteroatoms. The highest BCUT2D eigenvalue weighted by molar-refractivity contribution is 5.46. The van der Waals surface area contributed by atoms with E-state index in [1.807, 2.05) is 35.0 Å². The zero-order valence-corrected chi connectivity index (χ0v) is 6.07. The Morgan fingerprint density at radius 1 is 1.45 bits per heavy atom. The third-order valence-electron chi connectivity index (χ3n) is 1.63. The lowest BCUT2D eigenvalue weighted by Gasteiger charge is -1.87. The van der Waals surface area contributed by atoms with Crippen LogP contribution in [0.5, 0.6) is 0 Å². The quantitative estimate of drug-likeness (QED) is 0.648. The van der Waals surface area contributed by atoms with Gasteiger partial charge in [-0.2, -0.15) is 5.10 Å². The molecule has 0 unspecified atom stereocenters. The van der Waals surface area contributed by atoms with Crippen molar-refractivity contribution in [2.24, 2.45) is 5.73 Å². The van der Waals surface area contributed by atoms with Crippen LogP contribution in [0.3, 0.4) is 0 Å².